The molecule has 0 bridgehead atoms. The van der Waals surface area contributed by atoms with Gasteiger partial charge in [0.05, 0.1) is 11.5 Å². The minimum Gasteiger partial charge on any atom is -0.383 e. The molecule has 3 aromatic rings. The largest absolute Gasteiger partial charge is 0.383 e. The van der Waals surface area contributed by atoms with Gasteiger partial charge in [-0.15, -0.1) is 6.42 Å². The molecule has 7 nitrogen and oxygen atoms in total. The SMILES string of the molecule is C#CP(Nc1ccc(C(=O)NCCNc2cccc3c(S(=O)O)cccc23)cc1)OCCSSC(C)(C)C. The second-order valence-electron chi connectivity index (χ2n) is 9.05. The molecule has 3 rings (SSSR count). The number of terminal acetylenes is 1. The Bertz CT molecular complexity index is 1290. The van der Waals surface area contributed by atoms with Crippen LogP contribution in [-0.4, -0.2) is 44.9 Å². The Morgan fingerprint density at radius 2 is 1.79 bits per heavy atom. The highest BCUT2D eigenvalue weighted by Crippen LogP contribution is 2.38. The summed E-state index contributed by atoms with van der Waals surface area (Å²) in [6, 6.07) is 17.9. The summed E-state index contributed by atoms with van der Waals surface area (Å²) in [5, 5.41) is 11.0. The summed E-state index contributed by atoms with van der Waals surface area (Å²) in [5.74, 6) is 0.668. The number of amides is 1. The summed E-state index contributed by atoms with van der Waals surface area (Å²) < 4.78 is 27.1. The average Bonchev–Trinajstić information content (AvgIpc) is 2.89. The summed E-state index contributed by atoms with van der Waals surface area (Å²) in [6.07, 6.45) is 5.63. The van der Waals surface area contributed by atoms with Gasteiger partial charge in [-0.25, -0.2) is 4.21 Å². The second kappa shape index (κ2) is 14.8. The predicted octanol–water partition coefficient (Wildman–Crippen LogP) is 6.77. The molecule has 0 fully saturated rings. The summed E-state index contributed by atoms with van der Waals surface area (Å²) in [4.78, 5) is 12.9. The molecule has 4 N–H and O–H groups in total. The Kier molecular flexibility index (Phi) is 11.8. The number of carbonyl (C=O) groups is 1. The molecular formula is C27H32N3O4PS3. The molecule has 0 aliphatic carbocycles. The highest BCUT2D eigenvalue weighted by atomic mass is 33.1. The number of fused-ring (bicyclic) bond motifs is 1. The zero-order valence-corrected chi connectivity index (χ0v) is 24.9. The number of carbonyl (C=O) groups excluding carboxylic acids is 1. The maximum Gasteiger partial charge on any atom is 0.251 e. The number of hydrogen-bond acceptors (Lipinski definition) is 7. The van der Waals surface area contributed by atoms with Crippen LogP contribution in [0.5, 0.6) is 0 Å². The smallest absolute Gasteiger partial charge is 0.251 e. The number of benzene rings is 3. The molecule has 0 aromatic heterocycles. The number of nitrogens with one attached hydrogen (secondary N) is 3. The molecule has 0 saturated carbocycles. The van der Waals surface area contributed by atoms with Crippen LogP contribution in [0.3, 0.4) is 0 Å². The Balaban J connectivity index is 1.44. The van der Waals surface area contributed by atoms with Gasteiger partial charge in [-0.05, 0) is 42.1 Å². The third-order valence-corrected chi connectivity index (χ3v) is 10.2. The third-order valence-electron chi connectivity index (χ3n) is 4.99. The van der Waals surface area contributed by atoms with Crippen LogP contribution in [0.25, 0.3) is 10.8 Å². The fourth-order valence-corrected chi connectivity index (χ4v) is 7.01. The molecule has 3 aromatic carbocycles. The second-order valence-corrected chi connectivity index (χ2v) is 14.6. The van der Waals surface area contributed by atoms with E-state index in [1.54, 1.807) is 35.1 Å². The van der Waals surface area contributed by atoms with Crippen molar-refractivity contribution in [1.29, 1.82) is 0 Å². The summed E-state index contributed by atoms with van der Waals surface area (Å²) in [7, 11) is 2.35. The summed E-state index contributed by atoms with van der Waals surface area (Å²) in [5.41, 5.74) is 4.83. The fraction of sp³-hybridized carbons (Fsp3) is 0.296. The van der Waals surface area contributed by atoms with Crippen molar-refractivity contribution in [3.05, 3.63) is 66.2 Å². The van der Waals surface area contributed by atoms with Gasteiger partial charge in [-0.2, -0.15) is 0 Å². The van der Waals surface area contributed by atoms with Crippen LogP contribution in [0.1, 0.15) is 31.1 Å². The van der Waals surface area contributed by atoms with Crippen molar-refractivity contribution in [2.45, 2.75) is 30.4 Å². The van der Waals surface area contributed by atoms with E-state index in [0.29, 0.717) is 35.5 Å². The van der Waals surface area contributed by atoms with Gasteiger partial charge < -0.3 is 24.8 Å². The van der Waals surface area contributed by atoms with Gasteiger partial charge in [-0.3, -0.25) is 4.79 Å². The molecule has 0 aliphatic rings. The molecule has 11 heteroatoms. The van der Waals surface area contributed by atoms with Crippen LogP contribution in [0.15, 0.2) is 65.6 Å². The topological polar surface area (TPSA) is 99.7 Å². The molecule has 1 amide bonds. The Hall–Kier alpha value is -2.25. The monoisotopic (exact) mass is 589 g/mol. The van der Waals surface area contributed by atoms with E-state index in [1.807, 2.05) is 47.2 Å². The first-order valence-electron chi connectivity index (χ1n) is 11.9. The summed E-state index contributed by atoms with van der Waals surface area (Å²) in [6.45, 7) is 7.99. The summed E-state index contributed by atoms with van der Waals surface area (Å²) >= 11 is -2.06. The lowest BCUT2D eigenvalue weighted by atomic mass is 10.1. The minimum atomic E-state index is -2.06. The normalized spacial score (nSPS) is 12.9. The first kappa shape index (κ1) is 30.3. The predicted molar refractivity (Wildman–Crippen MR) is 165 cm³/mol. The van der Waals surface area contributed by atoms with Gasteiger partial charge in [0.25, 0.3) is 5.91 Å². The van der Waals surface area contributed by atoms with E-state index in [4.69, 9.17) is 10.9 Å². The van der Waals surface area contributed by atoms with Crippen molar-refractivity contribution in [3.8, 4) is 12.1 Å². The highest BCUT2D eigenvalue weighted by molar-refractivity contribution is 8.77. The average molecular weight is 590 g/mol. The van der Waals surface area contributed by atoms with Gasteiger partial charge in [0, 0.05) is 51.3 Å². The van der Waals surface area contributed by atoms with E-state index in [9.17, 15) is 13.6 Å². The molecule has 2 atom stereocenters. The van der Waals surface area contributed by atoms with E-state index in [-0.39, 0.29) is 10.7 Å². The molecule has 0 aliphatic heterocycles. The van der Waals surface area contributed by atoms with Crippen LogP contribution in [-0.2, 0) is 15.6 Å². The standard InChI is InChI=1S/C27H32N3O4PS3/c1-5-35(34-18-19-36-37-27(2,3)4)30-21-14-12-20(13-15-21)26(31)29-17-16-28-24-10-6-9-23-22(24)8-7-11-25(23)38(32)33/h1,6-15,28,30H,16-19H2,2-4H3,(H,29,31)(H,32,33). The molecule has 202 valence electrons. The van der Waals surface area contributed by atoms with Crippen LogP contribution in [0, 0.1) is 12.1 Å². The first-order valence-corrected chi connectivity index (χ1v) is 16.6. The number of anilines is 2. The van der Waals surface area contributed by atoms with E-state index < -0.39 is 19.4 Å². The molecule has 38 heavy (non-hydrogen) atoms. The van der Waals surface area contributed by atoms with Crippen molar-refractivity contribution in [1.82, 2.24) is 5.32 Å². The zero-order chi connectivity index (χ0) is 27.5. The lowest BCUT2D eigenvalue weighted by Crippen LogP contribution is -2.28. The minimum absolute atomic E-state index is 0.182. The Morgan fingerprint density at radius 3 is 2.47 bits per heavy atom. The van der Waals surface area contributed by atoms with Crippen LogP contribution in [0.2, 0.25) is 0 Å². The lowest BCUT2D eigenvalue weighted by molar-refractivity contribution is 0.0955. The van der Waals surface area contributed by atoms with E-state index >= 15 is 0 Å². The third kappa shape index (κ3) is 9.49. The Morgan fingerprint density at radius 1 is 1.08 bits per heavy atom. The van der Waals surface area contributed by atoms with Crippen LogP contribution >= 0.6 is 29.9 Å². The number of rotatable bonds is 13. The van der Waals surface area contributed by atoms with Crippen molar-refractivity contribution >= 4 is 69.0 Å². The van der Waals surface area contributed by atoms with E-state index in [0.717, 1.165) is 22.5 Å². The maximum atomic E-state index is 12.6. The van der Waals surface area contributed by atoms with Crippen molar-refractivity contribution in [2.24, 2.45) is 0 Å². The Labute approximate surface area is 236 Å². The molecular weight excluding hydrogens is 557 g/mol. The zero-order valence-electron chi connectivity index (χ0n) is 21.5. The quantitative estimate of drug-likeness (QED) is 0.0570. The molecule has 0 heterocycles. The highest BCUT2D eigenvalue weighted by Gasteiger charge is 2.12. The maximum absolute atomic E-state index is 12.6. The van der Waals surface area contributed by atoms with Crippen molar-refractivity contribution < 1.29 is 18.1 Å². The molecule has 0 spiro atoms. The molecule has 2 unspecified atom stereocenters. The first-order chi connectivity index (χ1) is 18.2. The van der Waals surface area contributed by atoms with Crippen molar-refractivity contribution in [3.63, 3.8) is 0 Å². The van der Waals surface area contributed by atoms with Gasteiger partial charge in [-0.1, -0.05) is 66.6 Å². The van der Waals surface area contributed by atoms with E-state index in [1.165, 1.54) is 0 Å². The van der Waals surface area contributed by atoms with Gasteiger partial charge in [0.1, 0.15) is 0 Å². The van der Waals surface area contributed by atoms with Gasteiger partial charge in [0.2, 0.25) is 8.30 Å². The van der Waals surface area contributed by atoms with Crippen LogP contribution < -0.4 is 15.7 Å². The van der Waals surface area contributed by atoms with E-state index in [2.05, 4.69) is 42.2 Å². The van der Waals surface area contributed by atoms with Gasteiger partial charge >= 0.3 is 0 Å². The van der Waals surface area contributed by atoms with Crippen molar-refractivity contribution in [2.75, 3.05) is 35.9 Å². The van der Waals surface area contributed by atoms with Gasteiger partial charge in [0.15, 0.2) is 11.1 Å². The molecule has 0 saturated heterocycles. The molecule has 0 radical (unpaired) electrons. The lowest BCUT2D eigenvalue weighted by Gasteiger charge is -2.17. The number of hydrogen-bond donors (Lipinski definition) is 4. The fourth-order valence-electron chi connectivity index (χ4n) is 3.36. The van der Waals surface area contributed by atoms with Crippen LogP contribution in [0.4, 0.5) is 11.4 Å².